The minimum absolute atomic E-state index is 0. The molecular weight excluding hydrogens is 446 g/mol. The van der Waals surface area contributed by atoms with E-state index < -0.39 is 0 Å². The van der Waals surface area contributed by atoms with Crippen molar-refractivity contribution < 1.29 is 9.13 Å². The number of benzene rings is 1. The van der Waals surface area contributed by atoms with Crippen LogP contribution >= 0.6 is 24.0 Å². The van der Waals surface area contributed by atoms with Gasteiger partial charge in [-0.15, -0.1) is 24.0 Å². The molecule has 0 fully saturated rings. The molecular formula is C19H34FIN4O. The molecule has 0 bridgehead atoms. The maximum Gasteiger partial charge on any atom is 0.191 e. The number of ether oxygens (including phenoxy) is 1. The van der Waals surface area contributed by atoms with Gasteiger partial charge in [0.25, 0.3) is 0 Å². The van der Waals surface area contributed by atoms with Crippen LogP contribution in [0.1, 0.15) is 25.8 Å². The first kappa shape index (κ1) is 25.1. The van der Waals surface area contributed by atoms with Gasteiger partial charge in [0.15, 0.2) is 5.96 Å². The lowest BCUT2D eigenvalue weighted by atomic mass is 9.84. The molecule has 7 heteroatoms. The first-order chi connectivity index (χ1) is 11.9. The van der Waals surface area contributed by atoms with Crippen molar-refractivity contribution in [3.8, 4) is 0 Å². The lowest BCUT2D eigenvalue weighted by molar-refractivity contribution is 0.180. The van der Waals surface area contributed by atoms with E-state index in [1.165, 1.54) is 6.07 Å². The summed E-state index contributed by atoms with van der Waals surface area (Å²) in [5.41, 5.74) is 0.371. The third kappa shape index (κ3) is 9.14. The van der Waals surface area contributed by atoms with E-state index in [0.717, 1.165) is 38.6 Å². The van der Waals surface area contributed by atoms with Crippen molar-refractivity contribution in [2.45, 2.75) is 25.7 Å². The standard InChI is InChI=1S/C19H33FN4O.HI/c1-19(2,16-9-6-7-10-17(16)20)15-23-18(21-3)22-11-13-24(4)12-8-14-25-5;/h6-7,9-10H,8,11-15H2,1-5H3,(H2,21,22,23);1H. The molecule has 1 rings (SSSR count). The number of nitrogens with one attached hydrogen (secondary N) is 2. The minimum Gasteiger partial charge on any atom is -0.385 e. The Morgan fingerprint density at radius 1 is 1.23 bits per heavy atom. The van der Waals surface area contributed by atoms with Crippen LogP contribution in [-0.2, 0) is 10.2 Å². The van der Waals surface area contributed by atoms with Crippen LogP contribution in [-0.4, -0.2) is 64.9 Å². The highest BCUT2D eigenvalue weighted by molar-refractivity contribution is 14.0. The first-order valence-electron chi connectivity index (χ1n) is 8.77. The zero-order valence-corrected chi connectivity index (χ0v) is 19.0. The topological polar surface area (TPSA) is 48.9 Å². The van der Waals surface area contributed by atoms with Gasteiger partial charge in [0, 0.05) is 52.4 Å². The highest BCUT2D eigenvalue weighted by Gasteiger charge is 2.24. The zero-order valence-electron chi connectivity index (χ0n) is 16.6. The van der Waals surface area contributed by atoms with Gasteiger partial charge < -0.3 is 20.3 Å². The third-order valence-electron chi connectivity index (χ3n) is 4.20. The summed E-state index contributed by atoms with van der Waals surface area (Å²) in [6.45, 7) is 8.14. The van der Waals surface area contributed by atoms with E-state index in [9.17, 15) is 4.39 Å². The average Bonchev–Trinajstić information content (AvgIpc) is 2.58. The Morgan fingerprint density at radius 3 is 2.54 bits per heavy atom. The average molecular weight is 480 g/mol. The van der Waals surface area contributed by atoms with Gasteiger partial charge in [-0.1, -0.05) is 32.0 Å². The number of likely N-dealkylation sites (N-methyl/N-ethyl adjacent to an activating group) is 1. The number of hydrogen-bond acceptors (Lipinski definition) is 3. The molecule has 2 N–H and O–H groups in total. The molecule has 1 aromatic carbocycles. The second kappa shape index (κ2) is 13.3. The maximum atomic E-state index is 14.0. The quantitative estimate of drug-likeness (QED) is 0.234. The number of aliphatic imine (C=N–C) groups is 1. The Morgan fingerprint density at radius 2 is 1.92 bits per heavy atom. The molecule has 0 saturated heterocycles. The summed E-state index contributed by atoms with van der Waals surface area (Å²) in [5.74, 6) is 0.560. The van der Waals surface area contributed by atoms with Crippen molar-refractivity contribution in [3.63, 3.8) is 0 Å². The molecule has 26 heavy (non-hydrogen) atoms. The second-order valence-corrected chi connectivity index (χ2v) is 6.87. The highest BCUT2D eigenvalue weighted by Crippen LogP contribution is 2.24. The summed E-state index contributed by atoms with van der Waals surface area (Å²) in [5, 5.41) is 6.60. The Balaban J connectivity index is 0.00000625. The predicted molar refractivity (Wildman–Crippen MR) is 118 cm³/mol. The van der Waals surface area contributed by atoms with Crippen LogP contribution in [0.5, 0.6) is 0 Å². The zero-order chi connectivity index (χ0) is 18.7. The molecule has 150 valence electrons. The maximum absolute atomic E-state index is 14.0. The van der Waals surface area contributed by atoms with Gasteiger partial charge in [0.05, 0.1) is 0 Å². The van der Waals surface area contributed by atoms with Crippen LogP contribution in [0.2, 0.25) is 0 Å². The molecule has 0 aliphatic carbocycles. The molecule has 1 aromatic rings. The summed E-state index contributed by atoms with van der Waals surface area (Å²) < 4.78 is 19.1. The normalized spacial score (nSPS) is 12.0. The summed E-state index contributed by atoms with van der Waals surface area (Å²) in [7, 11) is 5.56. The molecule has 0 saturated carbocycles. The minimum atomic E-state index is -0.333. The fourth-order valence-corrected chi connectivity index (χ4v) is 2.59. The molecule has 0 aliphatic heterocycles. The fourth-order valence-electron chi connectivity index (χ4n) is 2.59. The smallest absolute Gasteiger partial charge is 0.191 e. The van der Waals surface area contributed by atoms with Crippen LogP contribution in [0.3, 0.4) is 0 Å². The lowest BCUT2D eigenvalue weighted by Gasteiger charge is -2.27. The SMILES string of the molecule is CN=C(NCCN(C)CCCOC)NCC(C)(C)c1ccccc1F.I. The number of rotatable bonds is 10. The molecule has 0 amide bonds. The van der Waals surface area contributed by atoms with Gasteiger partial charge in [0.2, 0.25) is 0 Å². The van der Waals surface area contributed by atoms with E-state index in [4.69, 9.17) is 4.74 Å². The number of guanidine groups is 1. The molecule has 0 aromatic heterocycles. The summed E-state index contributed by atoms with van der Waals surface area (Å²) >= 11 is 0. The Bertz CT molecular complexity index is 540. The van der Waals surface area contributed by atoms with E-state index in [2.05, 4.69) is 27.6 Å². The summed E-state index contributed by atoms with van der Waals surface area (Å²) in [6.07, 6.45) is 1.02. The molecule has 0 spiro atoms. The van der Waals surface area contributed by atoms with Gasteiger partial charge in [-0.3, -0.25) is 4.99 Å². The molecule has 0 unspecified atom stereocenters. The van der Waals surface area contributed by atoms with Crippen molar-refractivity contribution in [3.05, 3.63) is 35.6 Å². The number of nitrogens with zero attached hydrogens (tertiary/aromatic N) is 2. The number of halogens is 2. The van der Waals surface area contributed by atoms with E-state index >= 15 is 0 Å². The molecule has 0 radical (unpaired) electrons. The highest BCUT2D eigenvalue weighted by atomic mass is 127. The van der Waals surface area contributed by atoms with Gasteiger partial charge in [-0.2, -0.15) is 0 Å². The predicted octanol–water partition coefficient (Wildman–Crippen LogP) is 2.85. The van der Waals surface area contributed by atoms with Crippen molar-refractivity contribution in [2.24, 2.45) is 4.99 Å². The van der Waals surface area contributed by atoms with Gasteiger partial charge in [0.1, 0.15) is 5.82 Å². The van der Waals surface area contributed by atoms with Crippen molar-refractivity contribution >= 4 is 29.9 Å². The van der Waals surface area contributed by atoms with Gasteiger partial charge >= 0.3 is 0 Å². The Hall–Kier alpha value is -0.930. The lowest BCUT2D eigenvalue weighted by Crippen LogP contribution is -2.45. The van der Waals surface area contributed by atoms with Crippen molar-refractivity contribution in [1.82, 2.24) is 15.5 Å². The van der Waals surface area contributed by atoms with Crippen LogP contribution in [0.25, 0.3) is 0 Å². The Kier molecular flexibility index (Phi) is 12.8. The van der Waals surface area contributed by atoms with Crippen LogP contribution in [0.4, 0.5) is 4.39 Å². The second-order valence-electron chi connectivity index (χ2n) is 6.87. The van der Waals surface area contributed by atoms with E-state index in [0.29, 0.717) is 12.1 Å². The van der Waals surface area contributed by atoms with Gasteiger partial charge in [-0.25, -0.2) is 4.39 Å². The van der Waals surface area contributed by atoms with Crippen LogP contribution in [0.15, 0.2) is 29.3 Å². The molecule has 5 nitrogen and oxygen atoms in total. The van der Waals surface area contributed by atoms with Crippen LogP contribution < -0.4 is 10.6 Å². The first-order valence-corrected chi connectivity index (χ1v) is 8.77. The molecule has 0 aliphatic rings. The van der Waals surface area contributed by atoms with E-state index in [-0.39, 0.29) is 35.2 Å². The summed E-state index contributed by atoms with van der Waals surface area (Å²) in [4.78, 5) is 6.49. The molecule has 0 heterocycles. The number of methoxy groups -OCH3 is 1. The van der Waals surface area contributed by atoms with Crippen LogP contribution in [0, 0.1) is 5.82 Å². The van der Waals surface area contributed by atoms with Crippen molar-refractivity contribution in [1.29, 1.82) is 0 Å². The number of hydrogen-bond donors (Lipinski definition) is 2. The largest absolute Gasteiger partial charge is 0.385 e. The van der Waals surface area contributed by atoms with Gasteiger partial charge in [-0.05, 0) is 25.1 Å². The third-order valence-corrected chi connectivity index (χ3v) is 4.20. The summed E-state index contributed by atoms with van der Waals surface area (Å²) in [6, 6.07) is 6.92. The van der Waals surface area contributed by atoms with E-state index in [1.54, 1.807) is 20.2 Å². The Labute approximate surface area is 174 Å². The van der Waals surface area contributed by atoms with Crippen molar-refractivity contribution in [2.75, 3.05) is 54.0 Å². The monoisotopic (exact) mass is 480 g/mol. The fraction of sp³-hybridized carbons (Fsp3) is 0.632. The molecule has 0 atom stereocenters. The van der Waals surface area contributed by atoms with E-state index in [1.807, 2.05) is 26.0 Å².